The van der Waals surface area contributed by atoms with Gasteiger partial charge in [-0.25, -0.2) is 0 Å². The molecule has 0 saturated carbocycles. The smallest absolute Gasteiger partial charge is 0.245 e. The average Bonchev–Trinajstić information content (AvgIpc) is 2.54. The molecule has 1 saturated heterocycles. The van der Waals surface area contributed by atoms with E-state index in [9.17, 15) is 14.0 Å². The number of hydrogen-bond acceptors (Lipinski definition) is 2. The van der Waals surface area contributed by atoms with E-state index >= 15 is 0 Å². The lowest BCUT2D eigenvalue weighted by Crippen LogP contribution is -2.59. The predicted octanol–water partition coefficient (Wildman–Crippen LogP) is 2.04. The second-order valence-electron chi connectivity index (χ2n) is 5.65. The summed E-state index contributed by atoms with van der Waals surface area (Å²) in [6, 6.07) is 9.47. The van der Waals surface area contributed by atoms with E-state index < -0.39 is 6.04 Å². The maximum Gasteiger partial charge on any atom is 0.245 e. The SMILES string of the molecule is C[C@H]1C(=O)N(CCc2ccccc2)CC(=O)N1CCCCF. The highest BCUT2D eigenvalue weighted by Crippen LogP contribution is 2.14. The molecule has 0 radical (unpaired) electrons. The summed E-state index contributed by atoms with van der Waals surface area (Å²) in [7, 11) is 0. The summed E-state index contributed by atoms with van der Waals surface area (Å²) in [5, 5.41) is 0. The molecule has 0 spiro atoms. The standard InChI is InChI=1S/C17H23FN2O2/c1-14-17(22)19(12-9-15-7-3-2-4-8-15)13-16(21)20(14)11-6-5-10-18/h2-4,7-8,14H,5-6,9-13H2,1H3/t14-/m0/s1. The third-order valence-electron chi connectivity index (χ3n) is 4.08. The molecular weight excluding hydrogens is 283 g/mol. The molecule has 2 rings (SSSR count). The molecule has 0 aromatic heterocycles. The van der Waals surface area contributed by atoms with Crippen LogP contribution in [-0.4, -0.2) is 54.0 Å². The number of halogens is 1. The van der Waals surface area contributed by atoms with Crippen LogP contribution in [0.2, 0.25) is 0 Å². The van der Waals surface area contributed by atoms with E-state index in [1.54, 1.807) is 16.7 Å². The van der Waals surface area contributed by atoms with Crippen LogP contribution in [0, 0.1) is 0 Å². The van der Waals surface area contributed by atoms with Gasteiger partial charge in [0.2, 0.25) is 11.8 Å². The lowest BCUT2D eigenvalue weighted by Gasteiger charge is -2.38. The van der Waals surface area contributed by atoms with Crippen molar-refractivity contribution in [1.29, 1.82) is 0 Å². The van der Waals surface area contributed by atoms with E-state index in [4.69, 9.17) is 0 Å². The molecule has 1 aliphatic heterocycles. The first kappa shape index (κ1) is 16.5. The highest BCUT2D eigenvalue weighted by Gasteiger charge is 2.35. The molecule has 0 unspecified atom stereocenters. The first-order valence-corrected chi connectivity index (χ1v) is 7.81. The van der Waals surface area contributed by atoms with E-state index in [1.807, 2.05) is 30.3 Å². The van der Waals surface area contributed by atoms with Crippen LogP contribution in [0.25, 0.3) is 0 Å². The van der Waals surface area contributed by atoms with Gasteiger partial charge in [-0.1, -0.05) is 30.3 Å². The number of nitrogens with zero attached hydrogens (tertiary/aromatic N) is 2. The van der Waals surface area contributed by atoms with Crippen LogP contribution in [0.1, 0.15) is 25.3 Å². The monoisotopic (exact) mass is 306 g/mol. The van der Waals surface area contributed by atoms with Crippen molar-refractivity contribution in [2.24, 2.45) is 0 Å². The molecular formula is C17H23FN2O2. The fourth-order valence-electron chi connectivity index (χ4n) is 2.74. The lowest BCUT2D eigenvalue weighted by molar-refractivity contribution is -0.155. The molecule has 1 atom stereocenters. The maximum atomic E-state index is 12.4. The van der Waals surface area contributed by atoms with Crippen molar-refractivity contribution in [1.82, 2.24) is 9.80 Å². The van der Waals surface area contributed by atoms with Crippen LogP contribution in [0.4, 0.5) is 4.39 Å². The van der Waals surface area contributed by atoms with E-state index in [2.05, 4.69) is 0 Å². The number of piperazine rings is 1. The number of carbonyl (C=O) groups is 2. The molecule has 0 N–H and O–H groups in total. The molecule has 1 fully saturated rings. The fraction of sp³-hybridized carbons (Fsp3) is 0.529. The van der Waals surface area contributed by atoms with Gasteiger partial charge in [0, 0.05) is 13.1 Å². The molecule has 1 aromatic carbocycles. The van der Waals surface area contributed by atoms with Gasteiger partial charge in [0.25, 0.3) is 0 Å². The summed E-state index contributed by atoms with van der Waals surface area (Å²) in [5.41, 5.74) is 1.15. The van der Waals surface area contributed by atoms with Crippen molar-refractivity contribution in [3.8, 4) is 0 Å². The molecule has 1 aromatic rings. The highest BCUT2D eigenvalue weighted by atomic mass is 19.1. The molecule has 22 heavy (non-hydrogen) atoms. The Balaban J connectivity index is 1.90. The zero-order valence-electron chi connectivity index (χ0n) is 13.0. The van der Waals surface area contributed by atoms with Crippen molar-refractivity contribution < 1.29 is 14.0 Å². The van der Waals surface area contributed by atoms with Crippen molar-refractivity contribution >= 4 is 11.8 Å². The summed E-state index contributed by atoms with van der Waals surface area (Å²) in [6.45, 7) is 2.52. The molecule has 0 bridgehead atoms. The minimum atomic E-state index is -0.448. The maximum absolute atomic E-state index is 12.4. The lowest BCUT2D eigenvalue weighted by atomic mass is 10.1. The van der Waals surface area contributed by atoms with Crippen molar-refractivity contribution in [3.63, 3.8) is 0 Å². The van der Waals surface area contributed by atoms with Crippen LogP contribution in [-0.2, 0) is 16.0 Å². The van der Waals surface area contributed by atoms with Crippen LogP contribution in [0.3, 0.4) is 0 Å². The third-order valence-corrected chi connectivity index (χ3v) is 4.08. The zero-order chi connectivity index (χ0) is 15.9. The number of carbonyl (C=O) groups excluding carboxylic acids is 2. The van der Waals surface area contributed by atoms with Gasteiger partial charge in [-0.2, -0.15) is 0 Å². The van der Waals surface area contributed by atoms with E-state index in [0.29, 0.717) is 25.9 Å². The van der Waals surface area contributed by atoms with E-state index in [0.717, 1.165) is 12.0 Å². The summed E-state index contributed by atoms with van der Waals surface area (Å²) in [4.78, 5) is 27.8. The van der Waals surface area contributed by atoms with Crippen LogP contribution in [0.5, 0.6) is 0 Å². The highest BCUT2D eigenvalue weighted by molar-refractivity contribution is 5.94. The summed E-state index contributed by atoms with van der Waals surface area (Å²) >= 11 is 0. The number of amides is 2. The number of benzene rings is 1. The topological polar surface area (TPSA) is 40.6 Å². The first-order chi connectivity index (χ1) is 10.6. The second kappa shape index (κ2) is 7.92. The van der Waals surface area contributed by atoms with Gasteiger partial charge in [0.15, 0.2) is 0 Å². The number of hydrogen-bond donors (Lipinski definition) is 0. The van der Waals surface area contributed by atoms with Gasteiger partial charge in [-0.15, -0.1) is 0 Å². The fourth-order valence-corrected chi connectivity index (χ4v) is 2.74. The summed E-state index contributed by atoms with van der Waals surface area (Å²) in [5.74, 6) is -0.0604. The molecule has 120 valence electrons. The quantitative estimate of drug-likeness (QED) is 0.723. The molecule has 2 amide bonds. The largest absolute Gasteiger partial charge is 0.331 e. The van der Waals surface area contributed by atoms with Crippen molar-refractivity contribution in [2.45, 2.75) is 32.2 Å². The van der Waals surface area contributed by atoms with Gasteiger partial charge >= 0.3 is 0 Å². The zero-order valence-corrected chi connectivity index (χ0v) is 13.0. The molecule has 4 nitrogen and oxygen atoms in total. The molecule has 0 aliphatic carbocycles. The third kappa shape index (κ3) is 4.06. The van der Waals surface area contributed by atoms with Gasteiger partial charge < -0.3 is 9.80 Å². The number of rotatable bonds is 7. The number of unbranched alkanes of at least 4 members (excludes halogenated alkanes) is 1. The average molecular weight is 306 g/mol. The first-order valence-electron chi connectivity index (χ1n) is 7.81. The van der Waals surface area contributed by atoms with E-state index in [-0.39, 0.29) is 25.0 Å². The Hall–Kier alpha value is -1.91. The summed E-state index contributed by atoms with van der Waals surface area (Å²) in [6.07, 6.45) is 1.78. The molecule has 5 heteroatoms. The number of alkyl halides is 1. The Bertz CT molecular complexity index is 507. The van der Waals surface area contributed by atoms with Crippen molar-refractivity contribution in [2.75, 3.05) is 26.3 Å². The van der Waals surface area contributed by atoms with Gasteiger partial charge in [0.05, 0.1) is 13.2 Å². The minimum Gasteiger partial charge on any atom is -0.331 e. The normalized spacial score (nSPS) is 18.9. The minimum absolute atomic E-state index is 0.0178. The molecule has 1 aliphatic rings. The Morgan fingerprint density at radius 1 is 1.14 bits per heavy atom. The van der Waals surface area contributed by atoms with Crippen LogP contribution in [0.15, 0.2) is 30.3 Å². The van der Waals surface area contributed by atoms with Crippen LogP contribution >= 0.6 is 0 Å². The van der Waals surface area contributed by atoms with Gasteiger partial charge in [0.1, 0.15) is 6.04 Å². The predicted molar refractivity (Wildman–Crippen MR) is 83.1 cm³/mol. The Morgan fingerprint density at radius 3 is 2.55 bits per heavy atom. The van der Waals surface area contributed by atoms with Crippen LogP contribution < -0.4 is 0 Å². The van der Waals surface area contributed by atoms with Gasteiger partial charge in [-0.05, 0) is 31.7 Å². The Morgan fingerprint density at radius 2 is 1.86 bits per heavy atom. The Kier molecular flexibility index (Phi) is 5.92. The Labute approximate surface area is 130 Å². The van der Waals surface area contributed by atoms with Crippen molar-refractivity contribution in [3.05, 3.63) is 35.9 Å². The van der Waals surface area contributed by atoms with Gasteiger partial charge in [-0.3, -0.25) is 14.0 Å². The summed E-state index contributed by atoms with van der Waals surface area (Å²) < 4.78 is 12.2. The second-order valence-corrected chi connectivity index (χ2v) is 5.65. The van der Waals surface area contributed by atoms with E-state index in [1.165, 1.54) is 0 Å². The molecule has 1 heterocycles.